The van der Waals surface area contributed by atoms with Crippen LogP contribution in [0, 0.1) is 0 Å². The number of anilines is 1. The molecule has 0 spiro atoms. The summed E-state index contributed by atoms with van der Waals surface area (Å²) < 4.78 is 51.9. The van der Waals surface area contributed by atoms with Gasteiger partial charge in [0.2, 0.25) is 0 Å². The maximum Gasteiger partial charge on any atom is 0.431 e. The molecular weight excluding hydrogens is 326 g/mol. The quantitative estimate of drug-likeness (QED) is 0.589. The molecule has 126 valence electrons. The van der Waals surface area contributed by atoms with E-state index in [4.69, 9.17) is 0 Å². The van der Waals surface area contributed by atoms with Gasteiger partial charge in [0, 0.05) is 12.7 Å². The average molecular weight is 345 g/mol. The fraction of sp³-hybridized carbons (Fsp3) is 0.312. The van der Waals surface area contributed by atoms with Crippen LogP contribution in [0.1, 0.15) is 6.92 Å². The molecule has 0 aliphatic rings. The lowest BCUT2D eigenvalue weighted by Crippen LogP contribution is -2.52. The molecule has 0 aromatic heterocycles. The highest BCUT2D eigenvalue weighted by Crippen LogP contribution is 2.35. The van der Waals surface area contributed by atoms with Crippen LogP contribution < -0.4 is 10.1 Å². The largest absolute Gasteiger partial charge is 0.431 e. The van der Waals surface area contributed by atoms with Crippen molar-refractivity contribution in [1.82, 2.24) is 0 Å². The zero-order chi connectivity index (χ0) is 18.1. The molecule has 1 aromatic carbocycles. The van der Waals surface area contributed by atoms with Gasteiger partial charge >= 0.3 is 6.18 Å². The van der Waals surface area contributed by atoms with Gasteiger partial charge < -0.3 is 4.90 Å². The molecule has 0 saturated heterocycles. The minimum absolute atomic E-state index is 0.183. The SMILES string of the molecule is C=C[Si](C)(C=C)c1cccc(N(C)C(=O)C(C)(F)C(F)(F)F)c1. The zero-order valence-electron chi connectivity index (χ0n) is 13.2. The number of hydrogen-bond acceptors (Lipinski definition) is 1. The van der Waals surface area contributed by atoms with Crippen molar-refractivity contribution in [3.63, 3.8) is 0 Å². The predicted octanol–water partition coefficient (Wildman–Crippen LogP) is 3.68. The number of rotatable bonds is 5. The van der Waals surface area contributed by atoms with Crippen molar-refractivity contribution < 1.29 is 22.4 Å². The second-order valence-corrected chi connectivity index (χ2v) is 9.57. The summed E-state index contributed by atoms with van der Waals surface area (Å²) in [5.41, 5.74) is -0.246. The van der Waals surface area contributed by atoms with Crippen LogP contribution in [0.5, 0.6) is 0 Å². The lowest BCUT2D eigenvalue weighted by Gasteiger charge is -2.29. The van der Waals surface area contributed by atoms with Gasteiger partial charge in [-0.25, -0.2) is 4.39 Å². The Kier molecular flexibility index (Phi) is 5.26. The smallest absolute Gasteiger partial charge is 0.312 e. The molecule has 2 nitrogen and oxygen atoms in total. The van der Waals surface area contributed by atoms with Crippen LogP contribution in [-0.4, -0.2) is 32.9 Å². The molecule has 1 rings (SSSR count). The molecule has 1 atom stereocenters. The third-order valence-electron chi connectivity index (χ3n) is 3.94. The third kappa shape index (κ3) is 3.55. The van der Waals surface area contributed by atoms with Crippen LogP contribution in [0.3, 0.4) is 0 Å². The van der Waals surface area contributed by atoms with Crippen LogP contribution in [0.4, 0.5) is 23.2 Å². The molecule has 0 N–H and O–H groups in total. The Bertz CT molecular complexity index is 617. The number of hydrogen-bond donors (Lipinski definition) is 0. The summed E-state index contributed by atoms with van der Waals surface area (Å²) >= 11 is 0. The monoisotopic (exact) mass is 345 g/mol. The van der Waals surface area contributed by atoms with E-state index in [1.165, 1.54) is 6.07 Å². The highest BCUT2D eigenvalue weighted by molar-refractivity contribution is 6.98. The predicted molar refractivity (Wildman–Crippen MR) is 87.1 cm³/mol. The fourth-order valence-corrected chi connectivity index (χ4v) is 3.47. The number of amides is 1. The standard InChI is InChI=1S/C16H19F4NOSi/c1-6-23(5,7-2)13-10-8-9-12(11-13)21(4)14(22)15(3,17)16(18,19)20/h6-11H,1-2H2,3-5H3. The van der Waals surface area contributed by atoms with Gasteiger partial charge in [0.1, 0.15) is 8.07 Å². The van der Waals surface area contributed by atoms with Gasteiger partial charge in [-0.05, 0) is 24.2 Å². The second-order valence-electron chi connectivity index (χ2n) is 5.61. The van der Waals surface area contributed by atoms with Crippen molar-refractivity contribution in [3.05, 3.63) is 48.8 Å². The number of alkyl halides is 4. The summed E-state index contributed by atoms with van der Waals surface area (Å²) in [5.74, 6) is -1.66. The van der Waals surface area contributed by atoms with Crippen LogP contribution in [-0.2, 0) is 4.79 Å². The normalized spacial score (nSPS) is 14.7. The van der Waals surface area contributed by atoms with E-state index in [-0.39, 0.29) is 12.6 Å². The number of nitrogens with zero attached hydrogens (tertiary/aromatic N) is 1. The summed E-state index contributed by atoms with van der Waals surface area (Å²) in [6.07, 6.45) is -5.28. The van der Waals surface area contributed by atoms with Crippen molar-refractivity contribution in [3.8, 4) is 0 Å². The van der Waals surface area contributed by atoms with Gasteiger partial charge in [-0.15, -0.1) is 13.2 Å². The Hall–Kier alpha value is -1.89. The van der Waals surface area contributed by atoms with Crippen molar-refractivity contribution in [1.29, 1.82) is 0 Å². The van der Waals surface area contributed by atoms with Gasteiger partial charge in [0.15, 0.2) is 0 Å². The zero-order valence-corrected chi connectivity index (χ0v) is 14.2. The van der Waals surface area contributed by atoms with E-state index in [1.54, 1.807) is 29.6 Å². The molecule has 0 radical (unpaired) electrons. The van der Waals surface area contributed by atoms with Crippen molar-refractivity contribution >= 4 is 24.9 Å². The summed E-state index contributed by atoms with van der Waals surface area (Å²) in [6.45, 7) is 9.70. The first-order valence-electron chi connectivity index (χ1n) is 6.82. The van der Waals surface area contributed by atoms with Gasteiger partial charge in [-0.2, -0.15) is 13.2 Å². The molecule has 0 aliphatic heterocycles. The van der Waals surface area contributed by atoms with Gasteiger partial charge in [0.05, 0.1) is 0 Å². The Morgan fingerprint density at radius 1 is 1.22 bits per heavy atom. The lowest BCUT2D eigenvalue weighted by molar-refractivity contribution is -0.219. The topological polar surface area (TPSA) is 20.3 Å². The van der Waals surface area contributed by atoms with E-state index in [1.807, 2.05) is 6.55 Å². The Labute approximate surface area is 134 Å². The number of benzene rings is 1. The molecule has 0 saturated carbocycles. The van der Waals surface area contributed by atoms with E-state index >= 15 is 0 Å². The van der Waals surface area contributed by atoms with E-state index in [2.05, 4.69) is 13.2 Å². The fourth-order valence-electron chi connectivity index (χ4n) is 1.92. The minimum Gasteiger partial charge on any atom is -0.312 e. The lowest BCUT2D eigenvalue weighted by atomic mass is 10.1. The minimum atomic E-state index is -5.28. The summed E-state index contributed by atoms with van der Waals surface area (Å²) in [5, 5.41) is 0.812. The first kappa shape index (κ1) is 19.2. The molecule has 0 fully saturated rings. The van der Waals surface area contributed by atoms with E-state index < -0.39 is 25.8 Å². The van der Waals surface area contributed by atoms with Crippen molar-refractivity contribution in [2.45, 2.75) is 25.3 Å². The van der Waals surface area contributed by atoms with Gasteiger partial charge in [-0.1, -0.05) is 30.1 Å². The maximum atomic E-state index is 13.9. The summed E-state index contributed by atoms with van der Waals surface area (Å²) in [4.78, 5) is 12.6. The molecule has 1 amide bonds. The first-order valence-corrected chi connectivity index (χ1v) is 9.47. The Morgan fingerprint density at radius 3 is 2.17 bits per heavy atom. The number of carbonyl (C=O) groups excluding carboxylic acids is 1. The molecule has 0 aliphatic carbocycles. The van der Waals surface area contributed by atoms with Crippen molar-refractivity contribution in [2.24, 2.45) is 0 Å². The third-order valence-corrected chi connectivity index (χ3v) is 7.19. The molecule has 1 aromatic rings. The van der Waals surface area contributed by atoms with Crippen molar-refractivity contribution in [2.75, 3.05) is 11.9 Å². The van der Waals surface area contributed by atoms with Crippen LogP contribution in [0.25, 0.3) is 0 Å². The number of halogens is 4. The second kappa shape index (κ2) is 6.31. The number of carbonyl (C=O) groups is 1. The molecule has 0 bridgehead atoms. The molecule has 7 heteroatoms. The average Bonchev–Trinajstić information content (AvgIpc) is 2.51. The highest BCUT2D eigenvalue weighted by Gasteiger charge is 2.59. The van der Waals surface area contributed by atoms with Crippen LogP contribution in [0.2, 0.25) is 6.55 Å². The highest BCUT2D eigenvalue weighted by atomic mass is 28.3. The van der Waals surface area contributed by atoms with Crippen LogP contribution in [0.15, 0.2) is 48.8 Å². The summed E-state index contributed by atoms with van der Waals surface area (Å²) in [6, 6.07) is 6.42. The Morgan fingerprint density at radius 2 is 1.74 bits per heavy atom. The molecular formula is C16H19F4NOSi. The molecule has 23 heavy (non-hydrogen) atoms. The first-order chi connectivity index (χ1) is 10.4. The Balaban J connectivity index is 3.25. The van der Waals surface area contributed by atoms with Gasteiger partial charge in [-0.3, -0.25) is 4.79 Å². The van der Waals surface area contributed by atoms with E-state index in [9.17, 15) is 22.4 Å². The molecule has 0 heterocycles. The van der Waals surface area contributed by atoms with E-state index in [0.29, 0.717) is 4.90 Å². The molecule has 1 unspecified atom stereocenters. The van der Waals surface area contributed by atoms with Gasteiger partial charge in [0.25, 0.3) is 11.6 Å². The maximum absolute atomic E-state index is 13.9. The summed E-state index contributed by atoms with van der Waals surface area (Å²) in [7, 11) is -1.08. The van der Waals surface area contributed by atoms with Crippen LogP contribution >= 0.6 is 0 Å². The van der Waals surface area contributed by atoms with E-state index in [0.717, 1.165) is 12.2 Å².